The van der Waals surface area contributed by atoms with Crippen LogP contribution in [0.25, 0.3) is 15.8 Å². The van der Waals surface area contributed by atoms with Gasteiger partial charge in [-0.25, -0.2) is 4.98 Å². The number of fused-ring (bicyclic) bond motifs is 2. The SMILES string of the molecule is Cn1c(SC/C(O)=C(\C#N)c2nc3ccccc3s2)nnc1C1COc2ccccc2O1. The van der Waals surface area contributed by atoms with E-state index in [0.717, 1.165) is 10.2 Å². The molecule has 0 saturated heterocycles. The quantitative estimate of drug-likeness (QED) is 0.262. The van der Waals surface area contributed by atoms with Gasteiger partial charge in [0, 0.05) is 7.05 Å². The van der Waals surface area contributed by atoms with Crippen LogP contribution in [0.4, 0.5) is 0 Å². The summed E-state index contributed by atoms with van der Waals surface area (Å²) in [4.78, 5) is 4.47. The molecule has 1 aliphatic heterocycles. The summed E-state index contributed by atoms with van der Waals surface area (Å²) in [5.41, 5.74) is 0.969. The Balaban J connectivity index is 1.33. The van der Waals surface area contributed by atoms with E-state index in [0.29, 0.717) is 34.1 Å². The second-order valence-electron chi connectivity index (χ2n) is 6.97. The Bertz CT molecular complexity index is 1340. The second kappa shape index (κ2) is 8.53. The average molecular weight is 464 g/mol. The lowest BCUT2D eigenvalue weighted by Crippen LogP contribution is -2.24. The van der Waals surface area contributed by atoms with Gasteiger partial charge < -0.3 is 19.1 Å². The molecule has 0 fully saturated rings. The molecule has 1 unspecified atom stereocenters. The van der Waals surface area contributed by atoms with Gasteiger partial charge in [0.05, 0.1) is 16.0 Å². The second-order valence-corrected chi connectivity index (χ2v) is 8.95. The van der Waals surface area contributed by atoms with Gasteiger partial charge in [0.1, 0.15) is 29.0 Å². The first-order valence-electron chi connectivity index (χ1n) is 9.72. The van der Waals surface area contributed by atoms with Crippen molar-refractivity contribution in [3.63, 3.8) is 0 Å². The summed E-state index contributed by atoms with van der Waals surface area (Å²) in [5, 5.41) is 29.8. The first kappa shape index (κ1) is 20.4. The minimum atomic E-state index is -0.390. The number of rotatable bonds is 5. The lowest BCUT2D eigenvalue weighted by Gasteiger charge is -2.25. The summed E-state index contributed by atoms with van der Waals surface area (Å²) in [5.74, 6) is 2.10. The Labute approximate surface area is 191 Å². The van der Waals surface area contributed by atoms with Crippen LogP contribution in [0.5, 0.6) is 11.5 Å². The van der Waals surface area contributed by atoms with Crippen LogP contribution in [0, 0.1) is 11.3 Å². The smallest absolute Gasteiger partial charge is 0.192 e. The van der Waals surface area contributed by atoms with Crippen molar-refractivity contribution in [2.75, 3.05) is 12.4 Å². The van der Waals surface area contributed by atoms with E-state index in [-0.39, 0.29) is 17.1 Å². The number of para-hydroxylation sites is 3. The Kier molecular flexibility index (Phi) is 5.43. The zero-order valence-electron chi connectivity index (χ0n) is 16.9. The molecule has 0 spiro atoms. The fourth-order valence-electron chi connectivity index (χ4n) is 3.30. The number of thioether (sulfide) groups is 1. The molecule has 4 aromatic rings. The van der Waals surface area contributed by atoms with E-state index in [9.17, 15) is 10.4 Å². The van der Waals surface area contributed by atoms with Crippen LogP contribution in [0.1, 0.15) is 16.9 Å². The Hall–Kier alpha value is -3.55. The van der Waals surface area contributed by atoms with Crippen LogP contribution in [0.15, 0.2) is 59.4 Å². The fourth-order valence-corrected chi connectivity index (χ4v) is 5.08. The van der Waals surface area contributed by atoms with Crippen molar-refractivity contribution in [3.8, 4) is 17.6 Å². The third-order valence-electron chi connectivity index (χ3n) is 4.91. The summed E-state index contributed by atoms with van der Waals surface area (Å²) in [7, 11) is 1.83. The minimum absolute atomic E-state index is 0.0488. The number of aromatic nitrogens is 4. The maximum atomic E-state index is 10.6. The molecule has 1 N–H and O–H groups in total. The molecule has 1 aliphatic rings. The van der Waals surface area contributed by atoms with Crippen LogP contribution in [0.3, 0.4) is 0 Å². The van der Waals surface area contributed by atoms with Crippen LogP contribution >= 0.6 is 23.1 Å². The summed E-state index contributed by atoms with van der Waals surface area (Å²) in [6.07, 6.45) is -0.390. The maximum absolute atomic E-state index is 10.6. The summed E-state index contributed by atoms with van der Waals surface area (Å²) in [6, 6.07) is 17.2. The highest BCUT2D eigenvalue weighted by Gasteiger charge is 2.27. The molecule has 0 saturated carbocycles. The van der Waals surface area contributed by atoms with Crippen molar-refractivity contribution in [1.29, 1.82) is 5.26 Å². The van der Waals surface area contributed by atoms with Crippen molar-refractivity contribution in [2.24, 2.45) is 7.05 Å². The highest BCUT2D eigenvalue weighted by molar-refractivity contribution is 7.99. The lowest BCUT2D eigenvalue weighted by molar-refractivity contribution is 0.0825. The van der Waals surface area contributed by atoms with Gasteiger partial charge >= 0.3 is 0 Å². The molecule has 3 heterocycles. The zero-order chi connectivity index (χ0) is 22.1. The maximum Gasteiger partial charge on any atom is 0.192 e. The highest BCUT2D eigenvalue weighted by atomic mass is 32.2. The molecule has 2 aromatic carbocycles. The third kappa shape index (κ3) is 3.77. The van der Waals surface area contributed by atoms with Gasteiger partial charge in [0.25, 0.3) is 0 Å². The van der Waals surface area contributed by atoms with E-state index >= 15 is 0 Å². The number of aliphatic hydroxyl groups is 1. The van der Waals surface area contributed by atoms with E-state index in [1.54, 1.807) is 0 Å². The fraction of sp³-hybridized carbons (Fsp3) is 0.182. The number of aliphatic hydroxyl groups excluding tert-OH is 1. The Morgan fingerprint density at radius 3 is 2.81 bits per heavy atom. The zero-order valence-corrected chi connectivity index (χ0v) is 18.6. The van der Waals surface area contributed by atoms with Crippen LogP contribution < -0.4 is 9.47 Å². The number of nitriles is 1. The molecule has 0 radical (unpaired) electrons. The molecule has 0 aliphatic carbocycles. The first-order chi connectivity index (χ1) is 15.6. The van der Waals surface area contributed by atoms with Crippen molar-refractivity contribution in [2.45, 2.75) is 11.3 Å². The number of benzene rings is 2. The van der Waals surface area contributed by atoms with Crippen molar-refractivity contribution < 1.29 is 14.6 Å². The molecular formula is C22H17N5O3S2. The summed E-state index contributed by atoms with van der Waals surface area (Å²) >= 11 is 2.66. The van der Waals surface area contributed by atoms with Crippen LogP contribution in [-0.2, 0) is 7.05 Å². The molecule has 8 nitrogen and oxygen atoms in total. The summed E-state index contributed by atoms with van der Waals surface area (Å²) in [6.45, 7) is 0.328. The number of allylic oxidation sites excluding steroid dienone is 1. The van der Waals surface area contributed by atoms with Gasteiger partial charge in [0.2, 0.25) is 0 Å². The van der Waals surface area contributed by atoms with E-state index in [1.165, 1.54) is 23.1 Å². The molecule has 0 bridgehead atoms. The molecule has 10 heteroatoms. The number of hydrogen-bond donors (Lipinski definition) is 1. The third-order valence-corrected chi connectivity index (χ3v) is 7.00. The van der Waals surface area contributed by atoms with Crippen LogP contribution in [-0.4, -0.2) is 37.2 Å². The van der Waals surface area contributed by atoms with E-state index < -0.39 is 6.10 Å². The molecule has 1 atom stereocenters. The molecule has 160 valence electrons. The van der Waals surface area contributed by atoms with Gasteiger partial charge in [-0.05, 0) is 24.3 Å². The highest BCUT2D eigenvalue weighted by Crippen LogP contribution is 2.36. The van der Waals surface area contributed by atoms with Crippen LogP contribution in [0.2, 0.25) is 0 Å². The van der Waals surface area contributed by atoms with Gasteiger partial charge in [0.15, 0.2) is 28.6 Å². The molecule has 0 amide bonds. The van der Waals surface area contributed by atoms with Crippen molar-refractivity contribution in [3.05, 3.63) is 65.1 Å². The monoisotopic (exact) mass is 463 g/mol. The number of hydrogen-bond acceptors (Lipinski definition) is 9. The van der Waals surface area contributed by atoms with Crippen molar-refractivity contribution in [1.82, 2.24) is 19.7 Å². The topological polar surface area (TPSA) is 106 Å². The molecule has 5 rings (SSSR count). The predicted octanol–water partition coefficient (Wildman–Crippen LogP) is 4.52. The molecule has 32 heavy (non-hydrogen) atoms. The van der Waals surface area contributed by atoms with Gasteiger partial charge in [-0.3, -0.25) is 0 Å². The predicted molar refractivity (Wildman–Crippen MR) is 122 cm³/mol. The number of ether oxygens (including phenoxy) is 2. The summed E-state index contributed by atoms with van der Waals surface area (Å²) < 4.78 is 14.6. The van der Waals surface area contributed by atoms with Gasteiger partial charge in [-0.2, -0.15) is 5.26 Å². The lowest BCUT2D eigenvalue weighted by atomic mass is 10.2. The van der Waals surface area contributed by atoms with Gasteiger partial charge in [-0.15, -0.1) is 21.5 Å². The molecular weight excluding hydrogens is 446 g/mol. The van der Waals surface area contributed by atoms with Gasteiger partial charge in [-0.1, -0.05) is 36.0 Å². The van der Waals surface area contributed by atoms with E-state index in [1.807, 2.05) is 60.1 Å². The Morgan fingerprint density at radius 1 is 1.22 bits per heavy atom. The van der Waals surface area contributed by atoms with E-state index in [2.05, 4.69) is 21.3 Å². The van der Waals surface area contributed by atoms with Crippen molar-refractivity contribution >= 4 is 38.9 Å². The molecule has 2 aromatic heterocycles. The largest absolute Gasteiger partial charge is 0.510 e. The Morgan fingerprint density at radius 2 is 2.00 bits per heavy atom. The van der Waals surface area contributed by atoms with E-state index in [4.69, 9.17) is 9.47 Å². The number of nitrogens with zero attached hydrogens (tertiary/aromatic N) is 5. The first-order valence-corrected chi connectivity index (χ1v) is 11.5. The normalized spacial score (nSPS) is 15.9. The number of thiazole rings is 1. The average Bonchev–Trinajstić information content (AvgIpc) is 3.41. The minimum Gasteiger partial charge on any atom is -0.510 e. The standard InChI is InChI=1S/C22H17N5O3S2/c1-27-20(18-11-29-16-7-3-4-8-17(16)30-18)25-26-22(27)31-12-15(28)13(10-23)21-24-14-6-2-5-9-19(14)32-21/h2-9,18,28H,11-12H2,1H3/b15-13-.